The molecule has 0 unspecified atom stereocenters. The summed E-state index contributed by atoms with van der Waals surface area (Å²) in [6.07, 6.45) is 1.45. The summed E-state index contributed by atoms with van der Waals surface area (Å²) in [5, 5.41) is 0.461. The van der Waals surface area contributed by atoms with Gasteiger partial charge in [-0.2, -0.15) is 0 Å². The number of nitrogen functional groups attached to an aromatic ring is 1. The average Bonchev–Trinajstić information content (AvgIpc) is 2.06. The summed E-state index contributed by atoms with van der Waals surface area (Å²) < 4.78 is 0. The van der Waals surface area contributed by atoms with Gasteiger partial charge in [-0.05, 0) is 5.41 Å². The van der Waals surface area contributed by atoms with Crippen molar-refractivity contribution in [1.82, 2.24) is 9.97 Å². The highest BCUT2D eigenvalue weighted by atomic mass is 35.5. The minimum absolute atomic E-state index is 0.348. The number of nitrogens with zero attached hydrogens (tertiary/aromatic N) is 3. The van der Waals surface area contributed by atoms with Crippen LogP contribution in [0.5, 0.6) is 0 Å². The van der Waals surface area contributed by atoms with Crippen molar-refractivity contribution in [2.75, 3.05) is 23.7 Å². The zero-order chi connectivity index (χ0) is 10.3. The summed E-state index contributed by atoms with van der Waals surface area (Å²) in [6, 6.07) is 0. The number of halogens is 1. The van der Waals surface area contributed by atoms with Crippen LogP contribution in [0.25, 0.3) is 0 Å². The number of hydrogen-bond donors (Lipinski definition) is 1. The number of nitrogens with two attached hydrogens (primary N) is 1. The molecule has 1 aromatic rings. The predicted molar refractivity (Wildman–Crippen MR) is 57.4 cm³/mol. The van der Waals surface area contributed by atoms with Crippen molar-refractivity contribution < 1.29 is 0 Å². The van der Waals surface area contributed by atoms with Crippen molar-refractivity contribution in [3.63, 3.8) is 0 Å². The molecule has 14 heavy (non-hydrogen) atoms. The monoisotopic (exact) mass is 212 g/mol. The van der Waals surface area contributed by atoms with Gasteiger partial charge in [-0.15, -0.1) is 0 Å². The molecule has 0 aromatic carbocycles. The lowest BCUT2D eigenvalue weighted by molar-refractivity contribution is 0.274. The van der Waals surface area contributed by atoms with Gasteiger partial charge < -0.3 is 10.6 Å². The standard InChI is InChI=1S/C9H13ClN4/c1-9(2)3-14(4-9)8-6(10)7(11)12-5-13-8/h5H,3-4H2,1-2H3,(H2,11,12,13). The van der Waals surface area contributed by atoms with E-state index in [2.05, 4.69) is 28.7 Å². The largest absolute Gasteiger partial charge is 0.382 e. The normalized spacial score (nSPS) is 19.2. The van der Waals surface area contributed by atoms with E-state index in [4.69, 9.17) is 17.3 Å². The first-order valence-electron chi connectivity index (χ1n) is 4.50. The molecule has 1 aromatic heterocycles. The van der Waals surface area contributed by atoms with Crippen molar-refractivity contribution in [1.29, 1.82) is 0 Å². The molecule has 5 heteroatoms. The maximum Gasteiger partial charge on any atom is 0.153 e. The van der Waals surface area contributed by atoms with Crippen LogP contribution in [0.2, 0.25) is 5.02 Å². The van der Waals surface area contributed by atoms with Crippen LogP contribution in [0.1, 0.15) is 13.8 Å². The molecule has 1 fully saturated rings. The Labute approximate surface area is 88.1 Å². The fourth-order valence-corrected chi connectivity index (χ4v) is 1.95. The Morgan fingerprint density at radius 1 is 1.43 bits per heavy atom. The van der Waals surface area contributed by atoms with Gasteiger partial charge in [0.05, 0.1) is 0 Å². The molecular formula is C9H13ClN4. The minimum Gasteiger partial charge on any atom is -0.382 e. The second kappa shape index (κ2) is 2.98. The van der Waals surface area contributed by atoms with Crippen molar-refractivity contribution >= 4 is 23.2 Å². The van der Waals surface area contributed by atoms with E-state index in [1.54, 1.807) is 0 Å². The zero-order valence-electron chi connectivity index (χ0n) is 8.29. The summed E-state index contributed by atoms with van der Waals surface area (Å²) in [6.45, 7) is 6.34. The maximum absolute atomic E-state index is 6.00. The molecule has 0 amide bonds. The van der Waals surface area contributed by atoms with E-state index in [0.717, 1.165) is 18.9 Å². The molecule has 0 radical (unpaired) electrons. The second-order valence-corrected chi connectivity index (χ2v) is 4.79. The Hall–Kier alpha value is -1.03. The predicted octanol–water partition coefficient (Wildman–Crippen LogP) is 1.56. The Bertz CT molecular complexity index is 356. The van der Waals surface area contributed by atoms with E-state index in [1.807, 2.05) is 0 Å². The molecule has 1 aliphatic rings. The summed E-state index contributed by atoms with van der Waals surface area (Å²) in [5.74, 6) is 1.10. The molecule has 1 aliphatic heterocycles. The first-order valence-corrected chi connectivity index (χ1v) is 4.88. The van der Waals surface area contributed by atoms with Gasteiger partial charge >= 0.3 is 0 Å². The van der Waals surface area contributed by atoms with Gasteiger partial charge in [0.2, 0.25) is 0 Å². The molecule has 0 atom stereocenters. The van der Waals surface area contributed by atoms with Crippen LogP contribution in [0.4, 0.5) is 11.6 Å². The molecule has 1 saturated heterocycles. The fourth-order valence-electron chi connectivity index (χ4n) is 1.73. The van der Waals surface area contributed by atoms with Crippen LogP contribution < -0.4 is 10.6 Å². The molecule has 2 N–H and O–H groups in total. The summed E-state index contributed by atoms with van der Waals surface area (Å²) in [7, 11) is 0. The molecule has 4 nitrogen and oxygen atoms in total. The van der Waals surface area contributed by atoms with E-state index in [-0.39, 0.29) is 0 Å². The van der Waals surface area contributed by atoms with E-state index in [9.17, 15) is 0 Å². The first kappa shape index (κ1) is 9.52. The van der Waals surface area contributed by atoms with Gasteiger partial charge in [-0.1, -0.05) is 25.4 Å². The second-order valence-electron chi connectivity index (χ2n) is 4.42. The van der Waals surface area contributed by atoms with Gasteiger partial charge in [0.1, 0.15) is 17.2 Å². The number of aromatic nitrogens is 2. The minimum atomic E-state index is 0.348. The van der Waals surface area contributed by atoms with Crippen LogP contribution in [-0.4, -0.2) is 23.1 Å². The van der Waals surface area contributed by atoms with Crippen LogP contribution in [-0.2, 0) is 0 Å². The van der Waals surface area contributed by atoms with Crippen molar-refractivity contribution in [2.45, 2.75) is 13.8 Å². The lowest BCUT2D eigenvalue weighted by Crippen LogP contribution is -2.53. The molecular weight excluding hydrogens is 200 g/mol. The molecule has 2 heterocycles. The molecule has 0 saturated carbocycles. The fraction of sp³-hybridized carbons (Fsp3) is 0.556. The highest BCUT2D eigenvalue weighted by Crippen LogP contribution is 2.36. The zero-order valence-corrected chi connectivity index (χ0v) is 9.04. The van der Waals surface area contributed by atoms with Crippen LogP contribution in [0, 0.1) is 5.41 Å². The van der Waals surface area contributed by atoms with Gasteiger partial charge in [0.25, 0.3) is 0 Å². The van der Waals surface area contributed by atoms with Crippen LogP contribution >= 0.6 is 11.6 Å². The highest BCUT2D eigenvalue weighted by molar-refractivity contribution is 6.35. The van der Waals surface area contributed by atoms with Gasteiger partial charge in [0.15, 0.2) is 5.82 Å². The average molecular weight is 213 g/mol. The Morgan fingerprint density at radius 2 is 2.07 bits per heavy atom. The molecule has 76 valence electrons. The third kappa shape index (κ3) is 1.50. The van der Waals surface area contributed by atoms with E-state index < -0.39 is 0 Å². The molecule has 0 aliphatic carbocycles. The third-order valence-corrected chi connectivity index (χ3v) is 2.70. The molecule has 0 bridgehead atoms. The Morgan fingerprint density at radius 3 is 2.64 bits per heavy atom. The molecule has 0 spiro atoms. The van der Waals surface area contributed by atoms with E-state index in [1.165, 1.54) is 6.33 Å². The lowest BCUT2D eigenvalue weighted by atomic mass is 9.84. The summed E-state index contributed by atoms with van der Waals surface area (Å²) in [5.41, 5.74) is 5.95. The van der Waals surface area contributed by atoms with Gasteiger partial charge in [0, 0.05) is 13.1 Å². The van der Waals surface area contributed by atoms with E-state index in [0.29, 0.717) is 16.3 Å². The van der Waals surface area contributed by atoms with Gasteiger partial charge in [-0.25, -0.2) is 9.97 Å². The topological polar surface area (TPSA) is 55.0 Å². The van der Waals surface area contributed by atoms with Crippen molar-refractivity contribution in [3.05, 3.63) is 11.3 Å². The number of hydrogen-bond acceptors (Lipinski definition) is 4. The Balaban J connectivity index is 2.23. The van der Waals surface area contributed by atoms with Crippen LogP contribution in [0.3, 0.4) is 0 Å². The number of rotatable bonds is 1. The summed E-state index contributed by atoms with van der Waals surface area (Å²) >= 11 is 6.00. The maximum atomic E-state index is 6.00. The van der Waals surface area contributed by atoms with E-state index >= 15 is 0 Å². The smallest absolute Gasteiger partial charge is 0.153 e. The summed E-state index contributed by atoms with van der Waals surface area (Å²) in [4.78, 5) is 10.1. The highest BCUT2D eigenvalue weighted by Gasteiger charge is 2.36. The quantitative estimate of drug-likeness (QED) is 0.768. The molecule has 2 rings (SSSR count). The lowest BCUT2D eigenvalue weighted by Gasteiger charge is -2.46. The van der Waals surface area contributed by atoms with Crippen LogP contribution in [0.15, 0.2) is 6.33 Å². The Kier molecular flexibility index (Phi) is 2.03. The van der Waals surface area contributed by atoms with Gasteiger partial charge in [-0.3, -0.25) is 0 Å². The number of anilines is 2. The van der Waals surface area contributed by atoms with Crippen molar-refractivity contribution in [2.24, 2.45) is 5.41 Å². The van der Waals surface area contributed by atoms with Crippen molar-refractivity contribution in [3.8, 4) is 0 Å². The SMILES string of the molecule is CC1(C)CN(c2ncnc(N)c2Cl)C1. The third-order valence-electron chi connectivity index (χ3n) is 2.34. The first-order chi connectivity index (χ1) is 6.49.